The number of hydrogen-bond acceptors (Lipinski definition) is 2. The lowest BCUT2D eigenvalue weighted by Crippen LogP contribution is -2.16. The second-order valence-corrected chi connectivity index (χ2v) is 4.09. The molecule has 1 aromatic carbocycles. The predicted octanol–water partition coefficient (Wildman–Crippen LogP) is 2.81. The van der Waals surface area contributed by atoms with Gasteiger partial charge in [-0.25, -0.2) is 4.68 Å². The number of hydrogen-bond donors (Lipinski definition) is 1. The van der Waals surface area contributed by atoms with E-state index in [1.54, 1.807) is 6.20 Å². The van der Waals surface area contributed by atoms with Crippen molar-refractivity contribution in [3.8, 4) is 5.69 Å². The van der Waals surface area contributed by atoms with Crippen molar-refractivity contribution >= 4 is 11.6 Å². The van der Waals surface area contributed by atoms with Gasteiger partial charge in [-0.15, -0.1) is 0 Å². The van der Waals surface area contributed by atoms with E-state index in [2.05, 4.69) is 17.3 Å². The summed E-state index contributed by atoms with van der Waals surface area (Å²) in [6.07, 6.45) is 1.80. The molecule has 2 rings (SSSR count). The molecule has 84 valence electrons. The predicted molar refractivity (Wildman–Crippen MR) is 66.0 cm³/mol. The van der Waals surface area contributed by atoms with Crippen LogP contribution >= 0.6 is 11.6 Å². The van der Waals surface area contributed by atoms with Gasteiger partial charge in [0.1, 0.15) is 0 Å². The molecule has 0 fully saturated rings. The molecule has 0 radical (unpaired) electrons. The standard InChI is InChI=1S/C12H14ClN3/c1-9(14-2)12-7-8-15-16(12)11-5-3-10(13)4-6-11/h3-9,14H,1-2H3. The maximum atomic E-state index is 5.86. The van der Waals surface area contributed by atoms with Crippen molar-refractivity contribution in [3.63, 3.8) is 0 Å². The molecule has 1 N–H and O–H groups in total. The van der Waals surface area contributed by atoms with E-state index in [1.807, 2.05) is 42.1 Å². The molecule has 1 unspecified atom stereocenters. The lowest BCUT2D eigenvalue weighted by Gasteiger charge is -2.13. The maximum absolute atomic E-state index is 5.86. The van der Waals surface area contributed by atoms with Gasteiger partial charge in [-0.1, -0.05) is 11.6 Å². The summed E-state index contributed by atoms with van der Waals surface area (Å²) < 4.78 is 1.91. The Balaban J connectivity index is 2.40. The van der Waals surface area contributed by atoms with Crippen LogP contribution in [-0.2, 0) is 0 Å². The van der Waals surface area contributed by atoms with Crippen molar-refractivity contribution in [2.45, 2.75) is 13.0 Å². The second kappa shape index (κ2) is 4.68. The number of halogens is 1. The van der Waals surface area contributed by atoms with Gasteiger partial charge in [-0.3, -0.25) is 0 Å². The van der Waals surface area contributed by atoms with Crippen molar-refractivity contribution in [3.05, 3.63) is 47.2 Å². The van der Waals surface area contributed by atoms with Gasteiger partial charge >= 0.3 is 0 Å². The quantitative estimate of drug-likeness (QED) is 0.887. The maximum Gasteiger partial charge on any atom is 0.0650 e. The first-order valence-electron chi connectivity index (χ1n) is 5.19. The van der Waals surface area contributed by atoms with Crippen LogP contribution < -0.4 is 5.32 Å². The van der Waals surface area contributed by atoms with Gasteiger partial charge in [-0.2, -0.15) is 5.10 Å². The van der Waals surface area contributed by atoms with Crippen molar-refractivity contribution < 1.29 is 0 Å². The fraction of sp³-hybridized carbons (Fsp3) is 0.250. The Hall–Kier alpha value is -1.32. The molecule has 1 aromatic heterocycles. The zero-order valence-corrected chi connectivity index (χ0v) is 10.1. The van der Waals surface area contributed by atoms with Gasteiger partial charge in [0, 0.05) is 17.3 Å². The smallest absolute Gasteiger partial charge is 0.0650 e. The molecule has 4 heteroatoms. The zero-order valence-electron chi connectivity index (χ0n) is 9.31. The van der Waals surface area contributed by atoms with Crippen molar-refractivity contribution in [1.29, 1.82) is 0 Å². The summed E-state index contributed by atoms with van der Waals surface area (Å²) in [5.74, 6) is 0. The van der Waals surface area contributed by atoms with E-state index in [-0.39, 0.29) is 6.04 Å². The number of nitrogens with zero attached hydrogens (tertiary/aromatic N) is 2. The highest BCUT2D eigenvalue weighted by molar-refractivity contribution is 6.30. The second-order valence-electron chi connectivity index (χ2n) is 3.65. The van der Waals surface area contributed by atoms with E-state index in [0.717, 1.165) is 16.4 Å². The van der Waals surface area contributed by atoms with Gasteiger partial charge < -0.3 is 5.32 Å². The molecule has 0 aliphatic heterocycles. The van der Waals surface area contributed by atoms with Crippen LogP contribution in [0.25, 0.3) is 5.69 Å². The largest absolute Gasteiger partial charge is 0.312 e. The molecule has 1 heterocycles. The summed E-state index contributed by atoms with van der Waals surface area (Å²) in [7, 11) is 1.93. The molecular weight excluding hydrogens is 222 g/mol. The Bertz CT molecular complexity index is 461. The molecule has 0 saturated carbocycles. The minimum atomic E-state index is 0.262. The summed E-state index contributed by atoms with van der Waals surface area (Å²) in [4.78, 5) is 0. The van der Waals surface area contributed by atoms with Gasteiger partial charge in [0.15, 0.2) is 0 Å². The number of benzene rings is 1. The van der Waals surface area contributed by atoms with Gasteiger partial charge in [0.25, 0.3) is 0 Å². The van der Waals surface area contributed by atoms with Crippen LogP contribution in [0, 0.1) is 0 Å². The third-order valence-corrected chi connectivity index (χ3v) is 2.87. The Morgan fingerprint density at radius 2 is 1.94 bits per heavy atom. The summed E-state index contributed by atoms with van der Waals surface area (Å²) >= 11 is 5.86. The summed E-state index contributed by atoms with van der Waals surface area (Å²) in [5, 5.41) is 8.26. The molecule has 0 aliphatic rings. The molecule has 16 heavy (non-hydrogen) atoms. The van der Waals surface area contributed by atoms with Crippen LogP contribution in [0.3, 0.4) is 0 Å². The first-order chi connectivity index (χ1) is 7.72. The topological polar surface area (TPSA) is 29.9 Å². The van der Waals surface area contributed by atoms with E-state index < -0.39 is 0 Å². The summed E-state index contributed by atoms with van der Waals surface area (Å²) in [6, 6.07) is 9.93. The monoisotopic (exact) mass is 235 g/mol. The first kappa shape index (κ1) is 11.2. The van der Waals surface area contributed by atoms with Crippen LogP contribution in [-0.4, -0.2) is 16.8 Å². The number of aromatic nitrogens is 2. The van der Waals surface area contributed by atoms with E-state index in [0.29, 0.717) is 0 Å². The average Bonchev–Trinajstić information content (AvgIpc) is 2.78. The number of rotatable bonds is 3. The highest BCUT2D eigenvalue weighted by Gasteiger charge is 2.10. The van der Waals surface area contributed by atoms with Gasteiger partial charge in [0.2, 0.25) is 0 Å². The Labute approximate surface area is 100 Å². The Kier molecular flexibility index (Phi) is 3.27. The highest BCUT2D eigenvalue weighted by Crippen LogP contribution is 2.18. The average molecular weight is 236 g/mol. The van der Waals surface area contributed by atoms with Crippen LogP contribution in [0.1, 0.15) is 18.7 Å². The van der Waals surface area contributed by atoms with Crippen LogP contribution in [0.2, 0.25) is 5.02 Å². The van der Waals surface area contributed by atoms with Crippen LogP contribution in [0.5, 0.6) is 0 Å². The first-order valence-corrected chi connectivity index (χ1v) is 5.57. The minimum absolute atomic E-state index is 0.262. The highest BCUT2D eigenvalue weighted by atomic mass is 35.5. The van der Waals surface area contributed by atoms with Gasteiger partial charge in [0.05, 0.1) is 11.4 Å². The fourth-order valence-electron chi connectivity index (χ4n) is 1.59. The normalized spacial score (nSPS) is 12.7. The van der Waals surface area contributed by atoms with Crippen LogP contribution in [0.15, 0.2) is 36.5 Å². The zero-order chi connectivity index (χ0) is 11.5. The minimum Gasteiger partial charge on any atom is -0.312 e. The third-order valence-electron chi connectivity index (χ3n) is 2.62. The molecule has 2 aromatic rings. The SMILES string of the molecule is CNC(C)c1ccnn1-c1ccc(Cl)cc1. The summed E-state index contributed by atoms with van der Waals surface area (Å²) in [5.41, 5.74) is 2.15. The van der Waals surface area contributed by atoms with Crippen molar-refractivity contribution in [2.75, 3.05) is 7.05 Å². The third kappa shape index (κ3) is 2.10. The molecule has 1 atom stereocenters. The lowest BCUT2D eigenvalue weighted by atomic mass is 10.2. The molecule has 0 spiro atoms. The van der Waals surface area contributed by atoms with Gasteiger partial charge in [-0.05, 0) is 44.3 Å². The molecule has 0 saturated heterocycles. The van der Waals surface area contributed by atoms with E-state index in [4.69, 9.17) is 11.6 Å². The number of nitrogens with one attached hydrogen (secondary N) is 1. The van der Waals surface area contributed by atoms with E-state index in [1.165, 1.54) is 0 Å². The molecule has 0 aliphatic carbocycles. The van der Waals surface area contributed by atoms with Crippen molar-refractivity contribution in [2.24, 2.45) is 0 Å². The van der Waals surface area contributed by atoms with E-state index >= 15 is 0 Å². The summed E-state index contributed by atoms with van der Waals surface area (Å²) in [6.45, 7) is 2.10. The van der Waals surface area contributed by atoms with Crippen LogP contribution in [0.4, 0.5) is 0 Å². The fourth-order valence-corrected chi connectivity index (χ4v) is 1.71. The molecular formula is C12H14ClN3. The Morgan fingerprint density at radius 1 is 1.25 bits per heavy atom. The van der Waals surface area contributed by atoms with E-state index in [9.17, 15) is 0 Å². The molecule has 0 bridgehead atoms. The molecule has 0 amide bonds. The molecule has 3 nitrogen and oxygen atoms in total. The lowest BCUT2D eigenvalue weighted by molar-refractivity contribution is 0.605. The van der Waals surface area contributed by atoms with Crippen molar-refractivity contribution in [1.82, 2.24) is 15.1 Å². The Morgan fingerprint density at radius 3 is 2.56 bits per heavy atom.